The van der Waals surface area contributed by atoms with Gasteiger partial charge in [-0.2, -0.15) is 0 Å². The molecule has 2 aromatic rings. The van der Waals surface area contributed by atoms with Crippen molar-refractivity contribution in [1.82, 2.24) is 15.2 Å². The van der Waals surface area contributed by atoms with Gasteiger partial charge in [-0.3, -0.25) is 14.6 Å². The lowest BCUT2D eigenvalue weighted by atomic mass is 10.2. The van der Waals surface area contributed by atoms with Gasteiger partial charge in [-0.15, -0.1) is 0 Å². The molecule has 1 unspecified atom stereocenters. The fourth-order valence-corrected chi connectivity index (χ4v) is 2.57. The lowest BCUT2D eigenvalue weighted by Crippen LogP contribution is -2.44. The molecule has 0 radical (unpaired) electrons. The molecule has 3 rings (SSSR count). The Labute approximate surface area is 128 Å². The lowest BCUT2D eigenvalue weighted by Gasteiger charge is -2.23. The van der Waals surface area contributed by atoms with E-state index in [2.05, 4.69) is 10.3 Å². The molecule has 3 heterocycles. The van der Waals surface area contributed by atoms with Gasteiger partial charge in [0.15, 0.2) is 0 Å². The Morgan fingerprint density at radius 2 is 2.27 bits per heavy atom. The second-order valence-corrected chi connectivity index (χ2v) is 5.19. The molecule has 6 heteroatoms. The average molecular weight is 299 g/mol. The number of aromatic nitrogens is 1. The molecular formula is C16H17N3O3. The number of rotatable bonds is 5. The summed E-state index contributed by atoms with van der Waals surface area (Å²) in [6, 6.07) is 8.67. The molecule has 0 bridgehead atoms. The number of nitrogens with zero attached hydrogens (tertiary/aromatic N) is 2. The van der Waals surface area contributed by atoms with E-state index in [0.717, 1.165) is 5.69 Å². The Morgan fingerprint density at radius 1 is 1.36 bits per heavy atom. The molecule has 1 saturated heterocycles. The van der Waals surface area contributed by atoms with Crippen LogP contribution in [-0.2, 0) is 22.7 Å². The maximum atomic E-state index is 12.3. The highest BCUT2D eigenvalue weighted by Crippen LogP contribution is 2.22. The van der Waals surface area contributed by atoms with Crippen LogP contribution in [0.3, 0.4) is 0 Å². The van der Waals surface area contributed by atoms with Crippen LogP contribution < -0.4 is 5.32 Å². The van der Waals surface area contributed by atoms with Crippen molar-refractivity contribution in [3.8, 4) is 0 Å². The maximum Gasteiger partial charge on any atom is 0.243 e. The zero-order valence-corrected chi connectivity index (χ0v) is 12.1. The van der Waals surface area contributed by atoms with E-state index in [-0.39, 0.29) is 11.8 Å². The van der Waals surface area contributed by atoms with E-state index in [9.17, 15) is 9.59 Å². The van der Waals surface area contributed by atoms with E-state index in [1.807, 2.05) is 18.2 Å². The van der Waals surface area contributed by atoms with E-state index in [4.69, 9.17) is 4.42 Å². The summed E-state index contributed by atoms with van der Waals surface area (Å²) in [6.45, 7) is 0.687. The molecule has 2 amide bonds. The summed E-state index contributed by atoms with van der Waals surface area (Å²) in [6.07, 6.45) is 4.17. The molecule has 0 aliphatic carbocycles. The average Bonchev–Trinajstić information content (AvgIpc) is 3.17. The molecule has 114 valence electrons. The van der Waals surface area contributed by atoms with E-state index < -0.39 is 6.04 Å². The van der Waals surface area contributed by atoms with E-state index in [0.29, 0.717) is 31.7 Å². The largest absolute Gasteiger partial charge is 0.467 e. The van der Waals surface area contributed by atoms with Crippen molar-refractivity contribution in [2.24, 2.45) is 0 Å². The van der Waals surface area contributed by atoms with Gasteiger partial charge in [0, 0.05) is 12.6 Å². The number of hydrogen-bond donors (Lipinski definition) is 1. The molecule has 6 nitrogen and oxygen atoms in total. The minimum absolute atomic E-state index is 0.0191. The fraction of sp³-hybridized carbons (Fsp3) is 0.312. The van der Waals surface area contributed by atoms with Crippen LogP contribution in [0.15, 0.2) is 47.2 Å². The molecule has 1 atom stereocenters. The third-order valence-corrected chi connectivity index (χ3v) is 3.71. The summed E-state index contributed by atoms with van der Waals surface area (Å²) in [7, 11) is 0. The number of furan rings is 1. The first kappa shape index (κ1) is 14.3. The second-order valence-electron chi connectivity index (χ2n) is 5.19. The summed E-state index contributed by atoms with van der Waals surface area (Å²) in [5, 5.41) is 2.85. The van der Waals surface area contributed by atoms with Crippen LogP contribution in [0.2, 0.25) is 0 Å². The molecule has 1 N–H and O–H groups in total. The van der Waals surface area contributed by atoms with Crippen LogP contribution in [0.5, 0.6) is 0 Å². The SMILES string of the molecule is O=C(NCc1ccccn1)C1CCC(=O)N1Cc1ccco1. The number of likely N-dealkylation sites (tertiary alicyclic amines) is 1. The van der Waals surface area contributed by atoms with Gasteiger partial charge in [0.1, 0.15) is 11.8 Å². The van der Waals surface area contributed by atoms with Crippen molar-refractivity contribution in [1.29, 1.82) is 0 Å². The van der Waals surface area contributed by atoms with Crippen molar-refractivity contribution in [2.45, 2.75) is 32.0 Å². The monoisotopic (exact) mass is 299 g/mol. The van der Waals surface area contributed by atoms with E-state index >= 15 is 0 Å². The highest BCUT2D eigenvalue weighted by molar-refractivity contribution is 5.90. The summed E-state index contributed by atoms with van der Waals surface area (Å²) in [5.41, 5.74) is 0.790. The number of hydrogen-bond acceptors (Lipinski definition) is 4. The molecule has 0 saturated carbocycles. The minimum atomic E-state index is -0.443. The first-order valence-electron chi connectivity index (χ1n) is 7.23. The van der Waals surface area contributed by atoms with Gasteiger partial charge in [-0.1, -0.05) is 6.07 Å². The molecule has 0 aromatic carbocycles. The van der Waals surface area contributed by atoms with Crippen molar-refractivity contribution >= 4 is 11.8 Å². The predicted molar refractivity (Wildman–Crippen MR) is 78.4 cm³/mol. The van der Waals surface area contributed by atoms with Crippen LogP contribution in [0.25, 0.3) is 0 Å². The van der Waals surface area contributed by atoms with Gasteiger partial charge in [0.25, 0.3) is 0 Å². The van der Waals surface area contributed by atoms with Crippen molar-refractivity contribution in [3.05, 3.63) is 54.2 Å². The Hall–Kier alpha value is -2.63. The zero-order valence-electron chi connectivity index (χ0n) is 12.1. The molecule has 22 heavy (non-hydrogen) atoms. The smallest absolute Gasteiger partial charge is 0.243 e. The summed E-state index contributed by atoms with van der Waals surface area (Å²) < 4.78 is 5.27. The van der Waals surface area contributed by atoms with Crippen LogP contribution in [0.4, 0.5) is 0 Å². The Morgan fingerprint density at radius 3 is 3.00 bits per heavy atom. The van der Waals surface area contributed by atoms with Gasteiger partial charge in [0.2, 0.25) is 11.8 Å². The van der Waals surface area contributed by atoms with E-state index in [1.165, 1.54) is 0 Å². The summed E-state index contributed by atoms with van der Waals surface area (Å²) >= 11 is 0. The highest BCUT2D eigenvalue weighted by atomic mass is 16.3. The van der Waals surface area contributed by atoms with Crippen LogP contribution in [-0.4, -0.2) is 27.7 Å². The normalized spacial score (nSPS) is 17.7. The van der Waals surface area contributed by atoms with Crippen molar-refractivity contribution in [3.63, 3.8) is 0 Å². The Kier molecular flexibility index (Phi) is 4.18. The molecule has 1 aliphatic heterocycles. The van der Waals surface area contributed by atoms with Gasteiger partial charge < -0.3 is 14.6 Å². The third kappa shape index (κ3) is 3.16. The van der Waals surface area contributed by atoms with Crippen LogP contribution in [0, 0.1) is 0 Å². The zero-order chi connectivity index (χ0) is 15.4. The number of carbonyl (C=O) groups excluding carboxylic acids is 2. The molecule has 0 spiro atoms. The number of nitrogens with one attached hydrogen (secondary N) is 1. The van der Waals surface area contributed by atoms with Gasteiger partial charge >= 0.3 is 0 Å². The standard InChI is InChI=1S/C16H17N3O3/c20-15-7-6-14(19(15)11-13-5-3-9-22-13)16(21)18-10-12-4-1-2-8-17-12/h1-5,8-9,14H,6-7,10-11H2,(H,18,21). The van der Waals surface area contributed by atoms with Crippen LogP contribution in [0.1, 0.15) is 24.3 Å². The van der Waals surface area contributed by atoms with E-state index in [1.54, 1.807) is 29.5 Å². The quantitative estimate of drug-likeness (QED) is 0.907. The van der Waals surface area contributed by atoms with Crippen molar-refractivity contribution < 1.29 is 14.0 Å². The topological polar surface area (TPSA) is 75.4 Å². The maximum absolute atomic E-state index is 12.3. The third-order valence-electron chi connectivity index (χ3n) is 3.71. The molecule has 1 fully saturated rings. The van der Waals surface area contributed by atoms with Gasteiger partial charge in [0.05, 0.1) is 25.0 Å². The number of carbonyl (C=O) groups is 2. The summed E-state index contributed by atoms with van der Waals surface area (Å²) in [4.78, 5) is 30.1. The second kappa shape index (κ2) is 6.43. The predicted octanol–water partition coefficient (Wildman–Crippen LogP) is 1.48. The minimum Gasteiger partial charge on any atom is -0.467 e. The molecule has 2 aromatic heterocycles. The van der Waals surface area contributed by atoms with Gasteiger partial charge in [-0.05, 0) is 30.7 Å². The first-order chi connectivity index (χ1) is 10.7. The van der Waals surface area contributed by atoms with Crippen molar-refractivity contribution in [2.75, 3.05) is 0 Å². The summed E-state index contributed by atoms with van der Waals surface area (Å²) in [5.74, 6) is 0.509. The number of pyridine rings is 1. The lowest BCUT2D eigenvalue weighted by molar-refractivity contribution is -0.136. The first-order valence-corrected chi connectivity index (χ1v) is 7.23. The number of amides is 2. The highest BCUT2D eigenvalue weighted by Gasteiger charge is 2.36. The Bertz CT molecular complexity index is 640. The van der Waals surface area contributed by atoms with Gasteiger partial charge in [-0.25, -0.2) is 0 Å². The molecule has 1 aliphatic rings. The fourth-order valence-electron chi connectivity index (χ4n) is 2.57. The van der Waals surface area contributed by atoms with Crippen LogP contribution >= 0.6 is 0 Å². The Balaban J connectivity index is 1.61. The molecular weight excluding hydrogens is 282 g/mol.